The van der Waals surface area contributed by atoms with Crippen LogP contribution in [0.2, 0.25) is 0 Å². The van der Waals surface area contributed by atoms with Crippen LogP contribution in [0, 0.1) is 22.2 Å². The van der Waals surface area contributed by atoms with Gasteiger partial charge in [-0.05, 0) is 87.7 Å². The molecule has 2 aromatic carbocycles. The van der Waals surface area contributed by atoms with Crippen LogP contribution in [0.5, 0.6) is 5.75 Å². The summed E-state index contributed by atoms with van der Waals surface area (Å²) in [7, 11) is 3.32. The number of piperidine rings is 3. The number of hydrogen-bond acceptors (Lipinski definition) is 10. The van der Waals surface area contributed by atoms with Crippen molar-refractivity contribution in [2.24, 2.45) is 22.2 Å². The van der Waals surface area contributed by atoms with Crippen molar-refractivity contribution in [3.63, 3.8) is 0 Å². The average Bonchev–Trinajstić information content (AvgIpc) is 4.02. The zero-order valence-electron chi connectivity index (χ0n) is 30.9. The van der Waals surface area contributed by atoms with Gasteiger partial charge in [-0.15, -0.1) is 0 Å². The molecule has 2 N–H and O–H groups in total. The fourth-order valence-corrected chi connectivity index (χ4v) is 16.8. The first-order valence-electron chi connectivity index (χ1n) is 20.4. The fraction of sp³-hybridized carbons (Fsp3) is 0.651. The highest BCUT2D eigenvalue weighted by Crippen LogP contribution is 2.77. The summed E-state index contributed by atoms with van der Waals surface area (Å²) in [6.45, 7) is 6.12. The molecule has 2 aromatic rings. The molecule has 7 saturated heterocycles. The Hall–Kier alpha value is -3.15. The maximum atomic E-state index is 14.0. The molecule has 10 nitrogen and oxygen atoms in total. The molecule has 11 aliphatic rings. The van der Waals surface area contributed by atoms with E-state index in [9.17, 15) is 9.90 Å². The molecule has 2 aliphatic carbocycles. The maximum absolute atomic E-state index is 14.0. The van der Waals surface area contributed by atoms with E-state index in [1.807, 2.05) is 0 Å². The number of para-hydroxylation sites is 2. The van der Waals surface area contributed by atoms with Gasteiger partial charge in [-0.25, -0.2) is 4.79 Å². The Kier molecular flexibility index (Phi) is 5.64. The lowest BCUT2D eigenvalue weighted by Gasteiger charge is -2.70. The largest absolute Gasteiger partial charge is 0.495 e. The Balaban J connectivity index is 1.02. The van der Waals surface area contributed by atoms with E-state index >= 15 is 0 Å². The lowest BCUT2D eigenvalue weighted by molar-refractivity contribution is -0.232. The Morgan fingerprint density at radius 3 is 2.60 bits per heavy atom. The molecule has 11 atom stereocenters. The molecule has 0 unspecified atom stereocenters. The normalized spacial score (nSPS) is 47.6. The molecule has 9 heterocycles. The van der Waals surface area contributed by atoms with Gasteiger partial charge in [0.15, 0.2) is 5.72 Å². The second-order valence-electron chi connectivity index (χ2n) is 18.9. The van der Waals surface area contributed by atoms with Crippen molar-refractivity contribution in [2.45, 2.75) is 92.2 Å². The number of methoxy groups -OCH3 is 2. The van der Waals surface area contributed by atoms with Crippen molar-refractivity contribution >= 4 is 17.3 Å². The molecule has 8 fully saturated rings. The van der Waals surface area contributed by atoms with Gasteiger partial charge in [0.2, 0.25) is 0 Å². The summed E-state index contributed by atoms with van der Waals surface area (Å²) in [5, 5.41) is 17.8. The molecule has 0 radical (unpaired) electrons. The Morgan fingerprint density at radius 2 is 1.72 bits per heavy atom. The predicted molar refractivity (Wildman–Crippen MR) is 196 cm³/mol. The van der Waals surface area contributed by atoms with Gasteiger partial charge in [0.05, 0.1) is 48.5 Å². The van der Waals surface area contributed by atoms with Crippen LogP contribution in [-0.4, -0.2) is 111 Å². The predicted octanol–water partition coefficient (Wildman–Crippen LogP) is 4.16. The average molecular weight is 719 g/mol. The molecular formula is C43H50N4O6. The van der Waals surface area contributed by atoms with Crippen LogP contribution in [0.15, 0.2) is 53.7 Å². The van der Waals surface area contributed by atoms with Crippen LogP contribution in [0.1, 0.15) is 62.5 Å². The zero-order chi connectivity index (χ0) is 35.3. The zero-order valence-corrected chi connectivity index (χ0v) is 30.9. The molecule has 278 valence electrons. The molecule has 5 spiro atoms. The van der Waals surface area contributed by atoms with E-state index in [1.165, 1.54) is 18.2 Å². The molecule has 0 aromatic heterocycles. The fourth-order valence-electron chi connectivity index (χ4n) is 16.8. The summed E-state index contributed by atoms with van der Waals surface area (Å²) < 4.78 is 25.8. The maximum Gasteiger partial charge on any atom is 0.335 e. The highest BCUT2D eigenvalue weighted by molar-refractivity contribution is 5.93. The van der Waals surface area contributed by atoms with Crippen LogP contribution in [0.4, 0.5) is 11.4 Å². The number of benzene rings is 2. The highest BCUT2D eigenvalue weighted by Gasteiger charge is 2.83. The van der Waals surface area contributed by atoms with Gasteiger partial charge in [0.25, 0.3) is 0 Å². The monoisotopic (exact) mass is 718 g/mol. The molecule has 9 aliphatic heterocycles. The number of hydrogen-bond donors (Lipinski definition) is 2. The quantitative estimate of drug-likeness (QED) is 0.441. The summed E-state index contributed by atoms with van der Waals surface area (Å²) in [4.78, 5) is 22.0. The number of anilines is 2. The van der Waals surface area contributed by atoms with E-state index in [0.29, 0.717) is 19.6 Å². The van der Waals surface area contributed by atoms with Gasteiger partial charge < -0.3 is 34.3 Å². The number of rotatable bonds is 2. The SMILES string of the molecule is COC(=O)C1=C2Nc3ccccc3[C@]23CCN2C[C@]4(C[C@@H]5C[C@]67CCO[C@@H]6CCN6CC[C@]8(c9cccc(OC)c9N(C4)[C@]58O)[C@H]67)[C@@H]4OCC[C@]4(C1)[C@H]23. The van der Waals surface area contributed by atoms with E-state index in [2.05, 4.69) is 62.5 Å². The van der Waals surface area contributed by atoms with Crippen LogP contribution < -0.4 is 15.0 Å². The first kappa shape index (κ1) is 31.1. The Labute approximate surface area is 310 Å². The highest BCUT2D eigenvalue weighted by atomic mass is 16.5. The summed E-state index contributed by atoms with van der Waals surface area (Å²) in [5.74, 6) is 0.674. The summed E-state index contributed by atoms with van der Waals surface area (Å²) in [6, 6.07) is 15.8. The number of nitrogens with one attached hydrogen (secondary N) is 1. The molecule has 13 rings (SSSR count). The van der Waals surface area contributed by atoms with Gasteiger partial charge in [0.1, 0.15) is 5.75 Å². The van der Waals surface area contributed by atoms with E-state index in [4.69, 9.17) is 18.9 Å². The number of nitrogens with zero attached hydrogens (tertiary/aromatic N) is 3. The van der Waals surface area contributed by atoms with Gasteiger partial charge in [-0.3, -0.25) is 9.80 Å². The molecule has 0 amide bonds. The van der Waals surface area contributed by atoms with E-state index in [-0.39, 0.29) is 57.8 Å². The van der Waals surface area contributed by atoms with Crippen molar-refractivity contribution < 1.29 is 28.8 Å². The standard InChI is InChI=1S/C43H50N4O6/c1-50-30-9-5-7-28-32(30)47-24-38(20-25-21-39-13-18-52-31(39)10-15-45-17-12-42(28,36(39)45)43(25,47)49)23-46-16-11-41-27-6-3-4-8-29(27)44-33(41)26(34(48)51-2)22-40(35(41)46)14-19-53-37(38)40/h3-9,25,31,35-37,44,49H,10-24H2,1-2H3/t25-,31-,35+,36-,37+,38+,39-,40+,41-,42+,43+/m1/s1. The first-order valence-corrected chi connectivity index (χ1v) is 20.4. The van der Waals surface area contributed by atoms with Crippen LogP contribution in [0.3, 0.4) is 0 Å². The third-order valence-corrected chi connectivity index (χ3v) is 17.7. The Bertz CT molecular complexity index is 2060. The minimum Gasteiger partial charge on any atom is -0.495 e. The molecule has 1 saturated carbocycles. The minimum atomic E-state index is -1.04. The van der Waals surface area contributed by atoms with E-state index in [0.717, 1.165) is 106 Å². The van der Waals surface area contributed by atoms with Crippen molar-refractivity contribution in [1.29, 1.82) is 0 Å². The number of carbonyl (C=O) groups excluding carboxylic acids is 1. The lowest BCUT2D eigenvalue weighted by Crippen LogP contribution is -2.81. The molecule has 0 bridgehead atoms. The van der Waals surface area contributed by atoms with Crippen molar-refractivity contribution in [1.82, 2.24) is 9.80 Å². The second-order valence-corrected chi connectivity index (χ2v) is 18.9. The first-order chi connectivity index (χ1) is 25.8. The van der Waals surface area contributed by atoms with Gasteiger partial charge in [-0.2, -0.15) is 0 Å². The minimum absolute atomic E-state index is 0.00339. The lowest BCUT2D eigenvalue weighted by atomic mass is 9.43. The third-order valence-electron chi connectivity index (χ3n) is 17.7. The summed E-state index contributed by atoms with van der Waals surface area (Å²) >= 11 is 0. The van der Waals surface area contributed by atoms with E-state index in [1.54, 1.807) is 7.11 Å². The number of aliphatic hydroxyl groups is 1. The smallest absolute Gasteiger partial charge is 0.335 e. The van der Waals surface area contributed by atoms with Gasteiger partial charge in [-0.1, -0.05) is 30.3 Å². The van der Waals surface area contributed by atoms with Crippen molar-refractivity contribution in [3.8, 4) is 5.75 Å². The molecule has 53 heavy (non-hydrogen) atoms. The molecular weight excluding hydrogens is 668 g/mol. The van der Waals surface area contributed by atoms with Gasteiger partial charge in [0, 0.05) is 78.5 Å². The van der Waals surface area contributed by atoms with Crippen LogP contribution in [-0.2, 0) is 29.8 Å². The van der Waals surface area contributed by atoms with Crippen LogP contribution in [0.25, 0.3) is 0 Å². The van der Waals surface area contributed by atoms with Crippen LogP contribution >= 0.6 is 0 Å². The topological polar surface area (TPSA) is 96.0 Å². The summed E-state index contributed by atoms with van der Waals surface area (Å²) in [5.41, 5.74) is 4.37. The van der Waals surface area contributed by atoms with Crippen molar-refractivity contribution in [2.75, 3.05) is 70.4 Å². The number of esters is 1. The molecule has 10 heteroatoms. The second kappa shape index (κ2) is 9.62. The Morgan fingerprint density at radius 1 is 0.887 bits per heavy atom. The van der Waals surface area contributed by atoms with E-state index < -0.39 is 11.1 Å². The third kappa shape index (κ3) is 3.07. The number of fused-ring (bicyclic) bond motifs is 4. The number of carbonyl (C=O) groups is 1. The summed E-state index contributed by atoms with van der Waals surface area (Å²) in [6.07, 6.45) is 7.62. The van der Waals surface area contributed by atoms with Crippen molar-refractivity contribution in [3.05, 3.63) is 64.9 Å². The van der Waals surface area contributed by atoms with Gasteiger partial charge >= 0.3 is 5.97 Å². The number of ether oxygens (including phenoxy) is 4.